The van der Waals surface area contributed by atoms with Crippen LogP contribution in [0.2, 0.25) is 0 Å². The van der Waals surface area contributed by atoms with Crippen molar-refractivity contribution >= 4 is 17.4 Å². The monoisotopic (exact) mass is 439 g/mol. The highest BCUT2D eigenvalue weighted by atomic mass is 16.5. The summed E-state index contributed by atoms with van der Waals surface area (Å²) in [4.78, 5) is 27.5. The molecule has 1 aliphatic heterocycles. The van der Waals surface area contributed by atoms with E-state index in [4.69, 9.17) is 9.47 Å². The van der Waals surface area contributed by atoms with Gasteiger partial charge in [0.05, 0.1) is 31.4 Å². The topological polar surface area (TPSA) is 96.3 Å². The number of ketones is 1. The zero-order valence-electron chi connectivity index (χ0n) is 18.8. The first-order chi connectivity index (χ1) is 15.3. The number of aliphatic hydroxyl groups excluding tert-OH is 1. The summed E-state index contributed by atoms with van der Waals surface area (Å²) in [7, 11) is 2.92. The Bertz CT molecular complexity index is 1060. The molecule has 7 nitrogen and oxygen atoms in total. The number of aliphatic hydroxyl groups is 1. The van der Waals surface area contributed by atoms with Gasteiger partial charge in [-0.2, -0.15) is 0 Å². The number of aryl methyl sites for hydroxylation is 1. The zero-order chi connectivity index (χ0) is 23.4. The number of hydrogen-bond donors (Lipinski definition) is 2. The smallest absolute Gasteiger partial charge is 0.295 e. The molecule has 0 aliphatic carbocycles. The molecule has 2 N–H and O–H groups in total. The number of rotatable bonds is 8. The maximum Gasteiger partial charge on any atom is 0.295 e. The first-order valence-electron chi connectivity index (χ1n) is 10.6. The predicted octanol–water partition coefficient (Wildman–Crippen LogP) is 4.33. The van der Waals surface area contributed by atoms with Gasteiger partial charge in [0.2, 0.25) is 0 Å². The molecule has 0 bridgehead atoms. The Morgan fingerprint density at radius 1 is 1.03 bits per heavy atom. The number of aromatic hydroxyl groups is 1. The molecule has 0 saturated carbocycles. The number of carbonyl (C=O) groups is 2. The maximum atomic E-state index is 13.1. The minimum Gasteiger partial charge on any atom is -0.507 e. The fraction of sp³-hybridized carbons (Fsp3) is 0.360. The Morgan fingerprint density at radius 2 is 1.72 bits per heavy atom. The molecule has 1 saturated heterocycles. The average molecular weight is 440 g/mol. The van der Waals surface area contributed by atoms with Gasteiger partial charge < -0.3 is 24.6 Å². The molecule has 32 heavy (non-hydrogen) atoms. The average Bonchev–Trinajstić information content (AvgIpc) is 3.03. The van der Waals surface area contributed by atoms with E-state index in [1.165, 1.54) is 25.2 Å². The van der Waals surface area contributed by atoms with Crippen molar-refractivity contribution in [3.8, 4) is 17.2 Å². The highest BCUT2D eigenvalue weighted by Crippen LogP contribution is 2.43. The summed E-state index contributed by atoms with van der Waals surface area (Å²) < 4.78 is 10.5. The lowest BCUT2D eigenvalue weighted by molar-refractivity contribution is -0.139. The van der Waals surface area contributed by atoms with Gasteiger partial charge in [0.1, 0.15) is 11.5 Å². The second-order valence-corrected chi connectivity index (χ2v) is 7.83. The van der Waals surface area contributed by atoms with Gasteiger partial charge in [-0.15, -0.1) is 0 Å². The van der Waals surface area contributed by atoms with Crippen LogP contribution in [0, 0.1) is 6.92 Å². The number of nitrogens with zero attached hydrogens (tertiary/aromatic N) is 1. The van der Waals surface area contributed by atoms with Gasteiger partial charge >= 0.3 is 0 Å². The lowest BCUT2D eigenvalue weighted by Gasteiger charge is -2.26. The molecule has 2 aromatic rings. The number of ether oxygens (including phenoxy) is 2. The van der Waals surface area contributed by atoms with Crippen molar-refractivity contribution in [2.75, 3.05) is 20.8 Å². The molecule has 0 radical (unpaired) electrons. The summed E-state index contributed by atoms with van der Waals surface area (Å²) in [5.41, 5.74) is 1.68. The summed E-state index contributed by atoms with van der Waals surface area (Å²) in [6, 6.07) is 9.12. The van der Waals surface area contributed by atoms with Crippen molar-refractivity contribution in [1.29, 1.82) is 0 Å². The van der Waals surface area contributed by atoms with Crippen LogP contribution in [0.3, 0.4) is 0 Å². The largest absolute Gasteiger partial charge is 0.507 e. The first-order valence-corrected chi connectivity index (χ1v) is 10.6. The standard InChI is InChI=1S/C25H29NO6/c1-5-6-7-12-26-22(16-9-11-20(32-4)18(27)14-16)21(24(29)25(26)30)23(28)17-13-15(2)8-10-19(17)31-3/h8-11,13-14,22,27-28H,5-7,12H2,1-4H3/b23-21+. The van der Waals surface area contributed by atoms with Crippen LogP contribution in [-0.2, 0) is 9.59 Å². The van der Waals surface area contributed by atoms with E-state index in [9.17, 15) is 19.8 Å². The molecule has 2 aromatic carbocycles. The zero-order valence-corrected chi connectivity index (χ0v) is 18.8. The molecule has 170 valence electrons. The Hall–Kier alpha value is -3.48. The van der Waals surface area contributed by atoms with Crippen molar-refractivity contribution in [3.63, 3.8) is 0 Å². The molecule has 1 heterocycles. The Balaban J connectivity index is 2.21. The van der Waals surface area contributed by atoms with Gasteiger partial charge in [0.15, 0.2) is 11.5 Å². The number of hydrogen-bond acceptors (Lipinski definition) is 6. The normalized spacial score (nSPS) is 17.6. The van der Waals surface area contributed by atoms with Crippen LogP contribution < -0.4 is 9.47 Å². The molecule has 1 fully saturated rings. The predicted molar refractivity (Wildman–Crippen MR) is 121 cm³/mol. The number of methoxy groups -OCH3 is 2. The lowest BCUT2D eigenvalue weighted by Crippen LogP contribution is -2.30. The van der Waals surface area contributed by atoms with Crippen LogP contribution in [0.4, 0.5) is 0 Å². The van der Waals surface area contributed by atoms with Crippen LogP contribution in [0.1, 0.15) is 48.9 Å². The van der Waals surface area contributed by atoms with E-state index in [2.05, 4.69) is 6.92 Å². The number of phenolic OH excluding ortho intramolecular Hbond substituents is 1. The fourth-order valence-corrected chi connectivity index (χ4v) is 4.02. The van der Waals surface area contributed by atoms with Crippen molar-refractivity contribution in [1.82, 2.24) is 4.90 Å². The highest BCUT2D eigenvalue weighted by Gasteiger charge is 2.46. The minimum atomic E-state index is -0.839. The van der Waals surface area contributed by atoms with E-state index in [-0.39, 0.29) is 22.8 Å². The number of likely N-dealkylation sites (tertiary alicyclic amines) is 1. The van der Waals surface area contributed by atoms with Gasteiger partial charge in [0.25, 0.3) is 11.7 Å². The van der Waals surface area contributed by atoms with Crippen molar-refractivity contribution < 1.29 is 29.3 Å². The molecule has 3 rings (SSSR count). The van der Waals surface area contributed by atoms with Gasteiger partial charge in [-0.05, 0) is 43.2 Å². The molecule has 0 spiro atoms. The summed E-state index contributed by atoms with van der Waals surface area (Å²) in [6.07, 6.45) is 2.57. The van der Waals surface area contributed by atoms with E-state index in [1.807, 2.05) is 13.0 Å². The summed E-state index contributed by atoms with van der Waals surface area (Å²) in [5, 5.41) is 21.6. The summed E-state index contributed by atoms with van der Waals surface area (Å²) >= 11 is 0. The highest BCUT2D eigenvalue weighted by molar-refractivity contribution is 6.46. The van der Waals surface area contributed by atoms with E-state index in [0.717, 1.165) is 24.8 Å². The van der Waals surface area contributed by atoms with E-state index < -0.39 is 17.7 Å². The molecular weight excluding hydrogens is 410 g/mol. The molecule has 1 amide bonds. The van der Waals surface area contributed by atoms with Crippen LogP contribution >= 0.6 is 0 Å². The van der Waals surface area contributed by atoms with Gasteiger partial charge in [-0.3, -0.25) is 9.59 Å². The van der Waals surface area contributed by atoms with Gasteiger partial charge in [0, 0.05) is 6.54 Å². The van der Waals surface area contributed by atoms with Crippen molar-refractivity contribution in [2.24, 2.45) is 0 Å². The van der Waals surface area contributed by atoms with Crippen LogP contribution in [0.25, 0.3) is 5.76 Å². The Kier molecular flexibility index (Phi) is 7.08. The number of phenols is 1. The van der Waals surface area contributed by atoms with Gasteiger partial charge in [-0.25, -0.2) is 0 Å². The summed E-state index contributed by atoms with van der Waals surface area (Å²) in [6.45, 7) is 4.27. The lowest BCUT2D eigenvalue weighted by atomic mass is 9.94. The first kappa shape index (κ1) is 23.2. The van der Waals surface area contributed by atoms with Crippen LogP contribution in [0.15, 0.2) is 42.0 Å². The third-order valence-electron chi connectivity index (χ3n) is 5.67. The Morgan fingerprint density at radius 3 is 2.34 bits per heavy atom. The molecule has 1 aliphatic rings. The summed E-state index contributed by atoms with van der Waals surface area (Å²) in [5.74, 6) is -1.18. The van der Waals surface area contributed by atoms with E-state index >= 15 is 0 Å². The minimum absolute atomic E-state index is 0.0278. The number of unbranched alkanes of at least 4 members (excludes halogenated alkanes) is 2. The van der Waals surface area contributed by atoms with Crippen molar-refractivity contribution in [3.05, 3.63) is 58.7 Å². The molecular formula is C25H29NO6. The molecule has 7 heteroatoms. The number of amides is 1. The second kappa shape index (κ2) is 9.77. The maximum absolute atomic E-state index is 13.1. The Labute approximate surface area is 187 Å². The second-order valence-electron chi connectivity index (χ2n) is 7.83. The molecule has 1 unspecified atom stereocenters. The number of benzene rings is 2. The van der Waals surface area contributed by atoms with E-state index in [1.54, 1.807) is 24.3 Å². The molecule has 1 atom stereocenters. The van der Waals surface area contributed by atoms with Gasteiger partial charge in [-0.1, -0.05) is 37.5 Å². The third-order valence-corrected chi connectivity index (χ3v) is 5.67. The SMILES string of the molecule is CCCCCN1C(=O)C(=O)/C(=C(/O)c2cc(C)ccc2OC)C1c1ccc(OC)c(O)c1. The van der Waals surface area contributed by atoms with Crippen LogP contribution in [-0.4, -0.2) is 47.6 Å². The van der Waals surface area contributed by atoms with Crippen LogP contribution in [0.5, 0.6) is 17.2 Å². The molecule has 0 aromatic heterocycles. The number of carbonyl (C=O) groups excluding carboxylic acids is 2. The number of Topliss-reactive ketones (excluding diaryl/α,β-unsaturated/α-hetero) is 1. The third kappa shape index (κ3) is 4.28. The van der Waals surface area contributed by atoms with Crippen molar-refractivity contribution in [2.45, 2.75) is 39.2 Å². The van der Waals surface area contributed by atoms with E-state index in [0.29, 0.717) is 23.4 Å². The quantitative estimate of drug-likeness (QED) is 0.275. The fourth-order valence-electron chi connectivity index (χ4n) is 4.02.